The molecule has 0 bridgehead atoms. The van der Waals surface area contributed by atoms with E-state index in [0.29, 0.717) is 12.0 Å². The third kappa shape index (κ3) is 3.45. The summed E-state index contributed by atoms with van der Waals surface area (Å²) in [6.07, 6.45) is 3.80. The number of anilines is 1. The van der Waals surface area contributed by atoms with Crippen molar-refractivity contribution in [1.29, 1.82) is 5.26 Å². The van der Waals surface area contributed by atoms with Crippen LogP contribution in [0.3, 0.4) is 0 Å². The van der Waals surface area contributed by atoms with Gasteiger partial charge in [0.05, 0.1) is 31.0 Å². The number of rotatable bonds is 4. The van der Waals surface area contributed by atoms with Gasteiger partial charge >= 0.3 is 5.97 Å². The molecule has 6 heteroatoms. The highest BCUT2D eigenvalue weighted by atomic mass is 16.5. The minimum Gasteiger partial charge on any atom is -0.469 e. The smallest absolute Gasteiger partial charge is 0.306 e. The third-order valence-corrected chi connectivity index (χ3v) is 3.49. The van der Waals surface area contributed by atoms with Crippen molar-refractivity contribution in [3.63, 3.8) is 0 Å². The van der Waals surface area contributed by atoms with Gasteiger partial charge in [-0.25, -0.2) is 0 Å². The third-order valence-electron chi connectivity index (χ3n) is 3.49. The maximum atomic E-state index is 11.1. The number of pyridine rings is 1. The van der Waals surface area contributed by atoms with Gasteiger partial charge in [0, 0.05) is 38.9 Å². The van der Waals surface area contributed by atoms with Crippen molar-refractivity contribution in [1.82, 2.24) is 9.88 Å². The van der Waals surface area contributed by atoms with Crippen LogP contribution in [0.25, 0.3) is 0 Å². The topological polar surface area (TPSA) is 69.5 Å². The summed E-state index contributed by atoms with van der Waals surface area (Å²) in [6.45, 7) is 4.13. The lowest BCUT2D eigenvalue weighted by Gasteiger charge is -2.36. The minimum atomic E-state index is -0.175. The van der Waals surface area contributed by atoms with Crippen LogP contribution in [0, 0.1) is 11.3 Å². The second-order valence-corrected chi connectivity index (χ2v) is 4.66. The maximum Gasteiger partial charge on any atom is 0.306 e. The molecular formula is C14H18N4O2. The number of esters is 1. The molecule has 1 aliphatic rings. The van der Waals surface area contributed by atoms with Crippen LogP contribution in [0.2, 0.25) is 0 Å². The number of piperazine rings is 1. The van der Waals surface area contributed by atoms with Crippen molar-refractivity contribution in [3.05, 3.63) is 24.0 Å². The van der Waals surface area contributed by atoms with Crippen LogP contribution >= 0.6 is 0 Å². The van der Waals surface area contributed by atoms with Crippen molar-refractivity contribution in [2.75, 3.05) is 44.7 Å². The first-order chi connectivity index (χ1) is 9.74. The van der Waals surface area contributed by atoms with Crippen LogP contribution < -0.4 is 4.90 Å². The summed E-state index contributed by atoms with van der Waals surface area (Å²) in [7, 11) is 1.41. The predicted octanol–water partition coefficient (Wildman–Crippen LogP) is 0.638. The zero-order valence-corrected chi connectivity index (χ0v) is 11.6. The molecule has 2 rings (SSSR count). The average Bonchev–Trinajstić information content (AvgIpc) is 2.53. The Morgan fingerprint density at radius 3 is 2.85 bits per heavy atom. The monoisotopic (exact) mass is 274 g/mol. The molecule has 0 unspecified atom stereocenters. The van der Waals surface area contributed by atoms with E-state index in [0.717, 1.165) is 38.4 Å². The summed E-state index contributed by atoms with van der Waals surface area (Å²) in [5.41, 5.74) is 1.55. The Balaban J connectivity index is 1.88. The molecule has 20 heavy (non-hydrogen) atoms. The van der Waals surface area contributed by atoms with Gasteiger partial charge < -0.3 is 9.64 Å². The first-order valence-electron chi connectivity index (χ1n) is 6.63. The number of nitrogens with zero attached hydrogens (tertiary/aromatic N) is 4. The lowest BCUT2D eigenvalue weighted by molar-refractivity contribution is -0.141. The van der Waals surface area contributed by atoms with Gasteiger partial charge in [0.1, 0.15) is 6.07 Å². The van der Waals surface area contributed by atoms with Gasteiger partial charge in [-0.1, -0.05) is 0 Å². The Bertz CT molecular complexity index is 504. The molecule has 0 radical (unpaired) electrons. The Morgan fingerprint density at radius 1 is 1.45 bits per heavy atom. The fourth-order valence-electron chi connectivity index (χ4n) is 2.30. The Morgan fingerprint density at radius 2 is 2.20 bits per heavy atom. The van der Waals surface area contributed by atoms with Gasteiger partial charge in [-0.3, -0.25) is 14.7 Å². The highest BCUT2D eigenvalue weighted by Crippen LogP contribution is 2.19. The number of hydrogen-bond donors (Lipinski definition) is 0. The number of nitriles is 1. The molecule has 0 saturated carbocycles. The van der Waals surface area contributed by atoms with E-state index in [2.05, 4.69) is 25.6 Å². The second-order valence-electron chi connectivity index (χ2n) is 4.66. The van der Waals surface area contributed by atoms with Crippen LogP contribution in [0.15, 0.2) is 18.5 Å². The van der Waals surface area contributed by atoms with Gasteiger partial charge in [0.15, 0.2) is 0 Å². The number of carbonyl (C=O) groups is 1. The molecule has 0 atom stereocenters. The molecular weight excluding hydrogens is 256 g/mol. The average molecular weight is 274 g/mol. The number of ether oxygens (including phenoxy) is 1. The van der Waals surface area contributed by atoms with Crippen LogP contribution in [0.4, 0.5) is 5.69 Å². The minimum absolute atomic E-state index is 0.175. The van der Waals surface area contributed by atoms with E-state index in [9.17, 15) is 4.79 Å². The molecule has 1 aromatic rings. The standard InChI is InChI=1S/C14H18N4O2/c1-20-14(19)3-5-17-6-8-18(9-7-17)13-11-16-4-2-12(13)10-15/h2,4,11H,3,5-9H2,1H3. The number of aromatic nitrogens is 1. The normalized spacial score (nSPS) is 15.7. The van der Waals surface area contributed by atoms with E-state index in [-0.39, 0.29) is 5.97 Å². The van der Waals surface area contributed by atoms with Gasteiger partial charge in [-0.05, 0) is 6.07 Å². The quantitative estimate of drug-likeness (QED) is 0.750. The Labute approximate surface area is 118 Å². The second kappa shape index (κ2) is 6.87. The van der Waals surface area contributed by atoms with Crippen LogP contribution in [0.1, 0.15) is 12.0 Å². The molecule has 106 valence electrons. The zero-order valence-electron chi connectivity index (χ0n) is 11.6. The van der Waals surface area contributed by atoms with Gasteiger partial charge in [-0.2, -0.15) is 5.26 Å². The number of methoxy groups -OCH3 is 1. The van der Waals surface area contributed by atoms with Crippen molar-refractivity contribution >= 4 is 11.7 Å². The van der Waals surface area contributed by atoms with E-state index in [1.54, 1.807) is 18.5 Å². The lowest BCUT2D eigenvalue weighted by atomic mass is 10.2. The highest BCUT2D eigenvalue weighted by Gasteiger charge is 2.19. The summed E-state index contributed by atoms with van der Waals surface area (Å²) >= 11 is 0. The predicted molar refractivity (Wildman–Crippen MR) is 74.2 cm³/mol. The molecule has 1 aromatic heterocycles. The van der Waals surface area contributed by atoms with Crippen molar-refractivity contribution in [3.8, 4) is 6.07 Å². The molecule has 0 aliphatic carbocycles. The van der Waals surface area contributed by atoms with E-state index >= 15 is 0 Å². The maximum absolute atomic E-state index is 11.1. The van der Waals surface area contributed by atoms with Crippen molar-refractivity contribution < 1.29 is 9.53 Å². The molecule has 0 N–H and O–H groups in total. The van der Waals surface area contributed by atoms with Crippen LogP contribution in [-0.2, 0) is 9.53 Å². The molecule has 1 aliphatic heterocycles. The largest absolute Gasteiger partial charge is 0.469 e. The summed E-state index contributed by atoms with van der Waals surface area (Å²) in [6, 6.07) is 3.93. The number of hydrogen-bond acceptors (Lipinski definition) is 6. The Kier molecular flexibility index (Phi) is 4.91. The Hall–Kier alpha value is -2.13. The molecule has 2 heterocycles. The van der Waals surface area contributed by atoms with Crippen LogP contribution in [-0.4, -0.2) is 55.7 Å². The van der Waals surface area contributed by atoms with Crippen molar-refractivity contribution in [2.24, 2.45) is 0 Å². The summed E-state index contributed by atoms with van der Waals surface area (Å²) < 4.78 is 4.64. The molecule has 0 spiro atoms. The fourth-order valence-corrected chi connectivity index (χ4v) is 2.30. The van der Waals surface area contributed by atoms with Gasteiger partial charge in [-0.15, -0.1) is 0 Å². The fraction of sp³-hybridized carbons (Fsp3) is 0.500. The molecule has 0 aromatic carbocycles. The van der Waals surface area contributed by atoms with Gasteiger partial charge in [0.25, 0.3) is 0 Å². The van der Waals surface area contributed by atoms with Crippen LogP contribution in [0.5, 0.6) is 0 Å². The van der Waals surface area contributed by atoms with E-state index in [4.69, 9.17) is 5.26 Å². The SMILES string of the molecule is COC(=O)CCN1CCN(c2cnccc2C#N)CC1. The van der Waals surface area contributed by atoms with E-state index in [1.807, 2.05) is 0 Å². The first-order valence-corrected chi connectivity index (χ1v) is 6.63. The molecule has 1 fully saturated rings. The molecule has 6 nitrogen and oxygen atoms in total. The summed E-state index contributed by atoms with van der Waals surface area (Å²) in [4.78, 5) is 19.6. The van der Waals surface area contributed by atoms with E-state index in [1.165, 1.54) is 7.11 Å². The van der Waals surface area contributed by atoms with E-state index < -0.39 is 0 Å². The molecule has 0 amide bonds. The highest BCUT2D eigenvalue weighted by molar-refractivity contribution is 5.69. The summed E-state index contributed by atoms with van der Waals surface area (Å²) in [5.74, 6) is -0.175. The number of carbonyl (C=O) groups excluding carboxylic acids is 1. The summed E-state index contributed by atoms with van der Waals surface area (Å²) in [5, 5.41) is 9.11. The lowest BCUT2D eigenvalue weighted by Crippen LogP contribution is -2.47. The van der Waals surface area contributed by atoms with Crippen molar-refractivity contribution in [2.45, 2.75) is 6.42 Å². The first kappa shape index (κ1) is 14.3. The molecule has 1 saturated heterocycles. The van der Waals surface area contributed by atoms with Gasteiger partial charge in [0.2, 0.25) is 0 Å². The zero-order chi connectivity index (χ0) is 14.4.